The molecular weight excluding hydrogens is 393 g/mol. The number of halogens is 3. The molecule has 0 spiro atoms. The molecule has 0 aromatic heterocycles. The van der Waals surface area contributed by atoms with Crippen molar-refractivity contribution in [3.63, 3.8) is 0 Å². The fourth-order valence-electron chi connectivity index (χ4n) is 2.93. The molecule has 0 fully saturated rings. The average molecular weight is 422 g/mol. The van der Waals surface area contributed by atoms with E-state index in [2.05, 4.69) is 26.1 Å². The molecule has 30 heavy (non-hydrogen) atoms. The number of benzene rings is 2. The molecule has 164 valence electrons. The van der Waals surface area contributed by atoms with Crippen molar-refractivity contribution < 1.29 is 22.7 Å². The molecule has 0 aliphatic rings. The van der Waals surface area contributed by atoms with Gasteiger partial charge >= 0.3 is 12.3 Å². The summed E-state index contributed by atoms with van der Waals surface area (Å²) in [5.41, 5.74) is 1.38. The van der Waals surface area contributed by atoms with Gasteiger partial charge in [-0.3, -0.25) is 5.32 Å². The van der Waals surface area contributed by atoms with Gasteiger partial charge in [-0.25, -0.2) is 4.79 Å². The fourth-order valence-corrected chi connectivity index (χ4v) is 2.93. The van der Waals surface area contributed by atoms with Crippen molar-refractivity contribution in [3.05, 3.63) is 59.2 Å². The van der Waals surface area contributed by atoms with Crippen LogP contribution in [0.1, 0.15) is 50.8 Å². The molecule has 0 saturated heterocycles. The number of amides is 1. The molecule has 1 N–H and O–H groups in total. The Hall–Kier alpha value is -2.70. The standard InChI is InChI=1S/C23H29F3N2O2/c1-6-13-30-21(29)27-20-12-11-18(14-19(20)23(24,25)26)28(5)15-16-7-9-17(10-8-16)22(2,3)4/h7-12,14H,6,13,15H2,1-5H3,(H,27,29). The van der Waals surface area contributed by atoms with E-state index in [1.165, 1.54) is 11.6 Å². The minimum atomic E-state index is -4.61. The predicted molar refractivity (Wildman–Crippen MR) is 114 cm³/mol. The van der Waals surface area contributed by atoms with Crippen LogP contribution >= 0.6 is 0 Å². The second-order valence-corrected chi connectivity index (χ2v) is 8.29. The van der Waals surface area contributed by atoms with Crippen molar-refractivity contribution in [1.29, 1.82) is 0 Å². The highest BCUT2D eigenvalue weighted by Crippen LogP contribution is 2.37. The van der Waals surface area contributed by atoms with Gasteiger partial charge in [0.25, 0.3) is 0 Å². The van der Waals surface area contributed by atoms with Crippen LogP contribution in [0.2, 0.25) is 0 Å². The Morgan fingerprint density at radius 3 is 2.23 bits per heavy atom. The Morgan fingerprint density at radius 1 is 1.07 bits per heavy atom. The van der Waals surface area contributed by atoms with Crippen molar-refractivity contribution in [3.8, 4) is 0 Å². The quantitative estimate of drug-likeness (QED) is 0.570. The van der Waals surface area contributed by atoms with Crippen LogP contribution in [0.25, 0.3) is 0 Å². The first-order chi connectivity index (χ1) is 13.9. The van der Waals surface area contributed by atoms with Gasteiger partial charge in [-0.05, 0) is 41.2 Å². The van der Waals surface area contributed by atoms with E-state index in [-0.39, 0.29) is 17.7 Å². The highest BCUT2D eigenvalue weighted by Gasteiger charge is 2.34. The molecule has 0 unspecified atom stereocenters. The van der Waals surface area contributed by atoms with E-state index in [0.29, 0.717) is 18.7 Å². The largest absolute Gasteiger partial charge is 0.449 e. The zero-order valence-corrected chi connectivity index (χ0v) is 18.1. The van der Waals surface area contributed by atoms with Crippen molar-refractivity contribution in [2.75, 3.05) is 23.9 Å². The first kappa shape index (κ1) is 23.6. The van der Waals surface area contributed by atoms with Crippen LogP contribution in [0.15, 0.2) is 42.5 Å². The Bertz CT molecular complexity index is 856. The van der Waals surface area contributed by atoms with Crippen molar-refractivity contribution in [2.45, 2.75) is 52.3 Å². The maximum absolute atomic E-state index is 13.6. The Balaban J connectivity index is 2.21. The van der Waals surface area contributed by atoms with E-state index >= 15 is 0 Å². The first-order valence-corrected chi connectivity index (χ1v) is 9.87. The van der Waals surface area contributed by atoms with Crippen LogP contribution in [0.5, 0.6) is 0 Å². The van der Waals surface area contributed by atoms with Crippen LogP contribution < -0.4 is 10.2 Å². The third-order valence-corrected chi connectivity index (χ3v) is 4.66. The number of carbonyl (C=O) groups excluding carboxylic acids is 1. The van der Waals surface area contributed by atoms with Crippen molar-refractivity contribution in [2.24, 2.45) is 0 Å². The smallest absolute Gasteiger partial charge is 0.418 e. The molecule has 7 heteroatoms. The second-order valence-electron chi connectivity index (χ2n) is 8.29. The second kappa shape index (κ2) is 9.41. The summed E-state index contributed by atoms with van der Waals surface area (Å²) in [6, 6.07) is 11.9. The maximum atomic E-state index is 13.6. The molecule has 2 aromatic rings. The van der Waals surface area contributed by atoms with E-state index in [1.807, 2.05) is 24.3 Å². The van der Waals surface area contributed by atoms with Gasteiger partial charge in [0.1, 0.15) is 0 Å². The molecule has 0 aliphatic heterocycles. The molecular formula is C23H29F3N2O2. The summed E-state index contributed by atoms with van der Waals surface area (Å²) in [7, 11) is 1.73. The van der Waals surface area contributed by atoms with E-state index < -0.39 is 17.8 Å². The summed E-state index contributed by atoms with van der Waals surface area (Å²) in [5, 5.41) is 2.19. The number of nitrogens with one attached hydrogen (secondary N) is 1. The van der Waals surface area contributed by atoms with Gasteiger partial charge in [-0.2, -0.15) is 13.2 Å². The average Bonchev–Trinajstić information content (AvgIpc) is 2.65. The summed E-state index contributed by atoms with van der Waals surface area (Å²) in [4.78, 5) is 13.4. The Labute approximate surface area is 176 Å². The maximum Gasteiger partial charge on any atom is 0.418 e. The van der Waals surface area contributed by atoms with Crippen LogP contribution in [0, 0.1) is 0 Å². The highest BCUT2D eigenvalue weighted by molar-refractivity contribution is 5.86. The minimum Gasteiger partial charge on any atom is -0.449 e. The van der Waals surface area contributed by atoms with Gasteiger partial charge < -0.3 is 9.64 Å². The number of carbonyl (C=O) groups is 1. The lowest BCUT2D eigenvalue weighted by Crippen LogP contribution is -2.20. The first-order valence-electron chi connectivity index (χ1n) is 9.87. The SMILES string of the molecule is CCCOC(=O)Nc1ccc(N(C)Cc2ccc(C(C)(C)C)cc2)cc1C(F)(F)F. The zero-order valence-electron chi connectivity index (χ0n) is 18.1. The summed E-state index contributed by atoms with van der Waals surface area (Å²) in [6.45, 7) is 8.77. The summed E-state index contributed by atoms with van der Waals surface area (Å²) < 4.78 is 45.5. The summed E-state index contributed by atoms with van der Waals surface area (Å²) in [6.07, 6.45) is -4.93. The van der Waals surface area contributed by atoms with Crippen molar-refractivity contribution in [1.82, 2.24) is 0 Å². The van der Waals surface area contributed by atoms with E-state index in [4.69, 9.17) is 4.74 Å². The molecule has 0 bridgehead atoms. The van der Waals surface area contributed by atoms with Crippen LogP contribution in [-0.4, -0.2) is 19.7 Å². The van der Waals surface area contributed by atoms with Crippen LogP contribution in [-0.2, 0) is 22.9 Å². The van der Waals surface area contributed by atoms with Gasteiger partial charge in [0, 0.05) is 19.3 Å². The van der Waals surface area contributed by atoms with Crippen LogP contribution in [0.4, 0.5) is 29.3 Å². The number of hydrogen-bond donors (Lipinski definition) is 1. The lowest BCUT2D eigenvalue weighted by molar-refractivity contribution is -0.136. The third kappa shape index (κ3) is 6.40. The number of alkyl halides is 3. The van der Waals surface area contributed by atoms with Gasteiger partial charge in [0.05, 0.1) is 17.9 Å². The Morgan fingerprint density at radius 2 is 1.70 bits per heavy atom. The molecule has 4 nitrogen and oxygen atoms in total. The number of hydrogen-bond acceptors (Lipinski definition) is 3. The third-order valence-electron chi connectivity index (χ3n) is 4.66. The van der Waals surface area contributed by atoms with Gasteiger partial charge in [0.2, 0.25) is 0 Å². The number of ether oxygens (including phenoxy) is 1. The van der Waals surface area contributed by atoms with Gasteiger partial charge in [0.15, 0.2) is 0 Å². The number of anilines is 2. The number of rotatable bonds is 6. The highest BCUT2D eigenvalue weighted by atomic mass is 19.4. The summed E-state index contributed by atoms with van der Waals surface area (Å²) >= 11 is 0. The van der Waals surface area contributed by atoms with Gasteiger partial charge in [-0.1, -0.05) is 52.0 Å². The molecule has 0 heterocycles. The lowest BCUT2D eigenvalue weighted by Gasteiger charge is -2.23. The minimum absolute atomic E-state index is 0.0349. The van der Waals surface area contributed by atoms with E-state index in [9.17, 15) is 18.0 Å². The zero-order chi connectivity index (χ0) is 22.5. The predicted octanol–water partition coefficient (Wildman–Crippen LogP) is 6.60. The molecule has 0 saturated carbocycles. The van der Waals surface area contributed by atoms with Crippen molar-refractivity contribution >= 4 is 17.5 Å². The monoisotopic (exact) mass is 422 g/mol. The number of nitrogens with zero attached hydrogens (tertiary/aromatic N) is 1. The normalized spacial score (nSPS) is 11.9. The Kier molecular flexibility index (Phi) is 7.39. The van der Waals surface area contributed by atoms with E-state index in [0.717, 1.165) is 11.6 Å². The molecule has 0 radical (unpaired) electrons. The van der Waals surface area contributed by atoms with E-state index in [1.54, 1.807) is 24.9 Å². The summed E-state index contributed by atoms with van der Waals surface area (Å²) in [5.74, 6) is 0. The molecule has 2 rings (SSSR count). The topological polar surface area (TPSA) is 41.6 Å². The molecule has 0 aliphatic carbocycles. The molecule has 1 amide bonds. The van der Waals surface area contributed by atoms with Crippen LogP contribution in [0.3, 0.4) is 0 Å². The van der Waals surface area contributed by atoms with Gasteiger partial charge in [-0.15, -0.1) is 0 Å². The molecule has 2 aromatic carbocycles. The fraction of sp³-hybridized carbons (Fsp3) is 0.435. The lowest BCUT2D eigenvalue weighted by atomic mass is 9.87. The molecule has 0 atom stereocenters.